The van der Waals surface area contributed by atoms with Gasteiger partial charge in [0.1, 0.15) is 11.9 Å². The largest absolute Gasteiger partial charge is 0.350 e. The van der Waals surface area contributed by atoms with Crippen molar-refractivity contribution in [2.24, 2.45) is 0 Å². The van der Waals surface area contributed by atoms with E-state index in [2.05, 4.69) is 10.3 Å². The summed E-state index contributed by atoms with van der Waals surface area (Å²) >= 11 is 0. The van der Waals surface area contributed by atoms with Gasteiger partial charge in [0.25, 0.3) is 0 Å². The smallest absolute Gasteiger partial charge is 0.242 e. The van der Waals surface area contributed by atoms with Crippen LogP contribution in [0.2, 0.25) is 0 Å². The van der Waals surface area contributed by atoms with E-state index < -0.39 is 6.04 Å². The van der Waals surface area contributed by atoms with Gasteiger partial charge in [-0.3, -0.25) is 14.6 Å². The van der Waals surface area contributed by atoms with Gasteiger partial charge in [0.2, 0.25) is 11.8 Å². The highest BCUT2D eigenvalue weighted by molar-refractivity contribution is 5.87. The molecule has 2 amide bonds. The molecule has 3 aromatic rings. The predicted molar refractivity (Wildman–Crippen MR) is 117 cm³/mol. The molecule has 0 spiro atoms. The van der Waals surface area contributed by atoms with Crippen LogP contribution in [0.5, 0.6) is 0 Å². The number of carbonyl (C=O) groups excluding carboxylic acids is 2. The van der Waals surface area contributed by atoms with E-state index in [0.29, 0.717) is 13.0 Å². The second-order valence-electron chi connectivity index (χ2n) is 7.38. The molecule has 0 aliphatic heterocycles. The molecule has 6 heteroatoms. The van der Waals surface area contributed by atoms with E-state index in [1.165, 1.54) is 12.1 Å². The summed E-state index contributed by atoms with van der Waals surface area (Å²) < 4.78 is 13.3. The third-order valence-corrected chi connectivity index (χ3v) is 5.12. The monoisotopic (exact) mass is 419 g/mol. The molecule has 1 N–H and O–H groups in total. The van der Waals surface area contributed by atoms with Crippen LogP contribution in [0.3, 0.4) is 0 Å². The van der Waals surface area contributed by atoms with Crippen LogP contribution in [-0.4, -0.2) is 27.7 Å². The van der Waals surface area contributed by atoms with Crippen molar-refractivity contribution in [1.82, 2.24) is 15.2 Å². The van der Waals surface area contributed by atoms with Crippen molar-refractivity contribution in [2.45, 2.75) is 38.9 Å². The van der Waals surface area contributed by atoms with Crippen LogP contribution in [0.15, 0.2) is 79.1 Å². The first-order valence-electron chi connectivity index (χ1n) is 10.3. The Labute approximate surface area is 181 Å². The molecule has 1 heterocycles. The Kier molecular flexibility index (Phi) is 7.87. The third-order valence-electron chi connectivity index (χ3n) is 5.12. The summed E-state index contributed by atoms with van der Waals surface area (Å²) in [5, 5.41) is 2.88. The number of hydrogen-bond acceptors (Lipinski definition) is 3. The zero-order valence-electron chi connectivity index (χ0n) is 17.5. The molecular weight excluding hydrogens is 393 g/mol. The number of nitrogens with zero attached hydrogens (tertiary/aromatic N) is 2. The van der Waals surface area contributed by atoms with Gasteiger partial charge in [-0.2, -0.15) is 0 Å². The van der Waals surface area contributed by atoms with Crippen molar-refractivity contribution in [3.05, 3.63) is 102 Å². The Morgan fingerprint density at radius 1 is 0.935 bits per heavy atom. The normalized spacial score (nSPS) is 11.5. The molecule has 31 heavy (non-hydrogen) atoms. The minimum absolute atomic E-state index is 0.125. The van der Waals surface area contributed by atoms with E-state index in [1.807, 2.05) is 42.5 Å². The molecule has 0 aliphatic rings. The van der Waals surface area contributed by atoms with Gasteiger partial charge in [-0.1, -0.05) is 42.5 Å². The van der Waals surface area contributed by atoms with Crippen LogP contribution >= 0.6 is 0 Å². The summed E-state index contributed by atoms with van der Waals surface area (Å²) in [4.78, 5) is 31.4. The molecule has 0 saturated carbocycles. The number of benzene rings is 2. The molecule has 1 atom stereocenters. The van der Waals surface area contributed by atoms with E-state index >= 15 is 0 Å². The Morgan fingerprint density at radius 2 is 1.61 bits per heavy atom. The summed E-state index contributed by atoms with van der Waals surface area (Å²) in [6, 6.07) is 18.7. The second-order valence-corrected chi connectivity index (χ2v) is 7.38. The predicted octanol–water partition coefficient (Wildman–Crippen LogP) is 3.89. The third kappa shape index (κ3) is 6.74. The maximum absolute atomic E-state index is 13.3. The summed E-state index contributed by atoms with van der Waals surface area (Å²) in [6.07, 6.45) is 4.20. The lowest BCUT2D eigenvalue weighted by Gasteiger charge is -2.29. The van der Waals surface area contributed by atoms with Crippen molar-refractivity contribution in [2.75, 3.05) is 0 Å². The van der Waals surface area contributed by atoms with Gasteiger partial charge in [-0.25, -0.2) is 4.39 Å². The van der Waals surface area contributed by atoms with Crippen LogP contribution in [0, 0.1) is 5.82 Å². The maximum atomic E-state index is 13.3. The fraction of sp³-hybridized carbons (Fsp3) is 0.240. The van der Waals surface area contributed by atoms with Gasteiger partial charge in [-0.05, 0) is 54.3 Å². The van der Waals surface area contributed by atoms with Crippen LogP contribution in [0.1, 0.15) is 30.0 Å². The SMILES string of the molecule is C[C@@H](C(=O)NCc1ccncc1)N(Cc1ccc(F)cc1)C(=O)CCc1ccccc1. The number of aromatic nitrogens is 1. The summed E-state index contributed by atoms with van der Waals surface area (Å²) in [5.41, 5.74) is 2.76. The minimum Gasteiger partial charge on any atom is -0.350 e. The Bertz CT molecular complexity index is 979. The molecule has 0 unspecified atom stereocenters. The number of nitrogens with one attached hydrogen (secondary N) is 1. The molecule has 160 valence electrons. The molecular formula is C25H26FN3O2. The van der Waals surface area contributed by atoms with Gasteiger partial charge in [-0.15, -0.1) is 0 Å². The fourth-order valence-electron chi connectivity index (χ4n) is 3.25. The fourth-order valence-corrected chi connectivity index (χ4v) is 3.25. The van der Waals surface area contributed by atoms with Crippen LogP contribution in [0.25, 0.3) is 0 Å². The van der Waals surface area contributed by atoms with Crippen molar-refractivity contribution < 1.29 is 14.0 Å². The standard InChI is InChI=1S/C25H26FN3O2/c1-19(25(31)28-17-21-13-15-27-16-14-21)29(18-22-7-10-23(26)11-8-22)24(30)12-9-20-5-3-2-4-6-20/h2-8,10-11,13-16,19H,9,12,17-18H2,1H3,(H,28,31)/t19-/m0/s1. The maximum Gasteiger partial charge on any atom is 0.242 e. The number of hydrogen-bond donors (Lipinski definition) is 1. The minimum atomic E-state index is -0.671. The molecule has 0 saturated heterocycles. The van der Waals surface area contributed by atoms with Gasteiger partial charge >= 0.3 is 0 Å². The lowest BCUT2D eigenvalue weighted by atomic mass is 10.1. The van der Waals surface area contributed by atoms with E-state index in [0.717, 1.165) is 16.7 Å². The molecule has 2 aromatic carbocycles. The van der Waals surface area contributed by atoms with Crippen LogP contribution < -0.4 is 5.32 Å². The van der Waals surface area contributed by atoms with Crippen molar-refractivity contribution in [3.8, 4) is 0 Å². The number of halogens is 1. The Hall–Kier alpha value is -3.54. The van der Waals surface area contributed by atoms with Crippen LogP contribution in [-0.2, 0) is 29.1 Å². The van der Waals surface area contributed by atoms with E-state index in [-0.39, 0.29) is 30.6 Å². The van der Waals surface area contributed by atoms with Crippen LogP contribution in [0.4, 0.5) is 4.39 Å². The van der Waals surface area contributed by atoms with Gasteiger partial charge in [0.15, 0.2) is 0 Å². The lowest BCUT2D eigenvalue weighted by Crippen LogP contribution is -2.47. The van der Waals surface area contributed by atoms with E-state index in [9.17, 15) is 14.0 Å². The van der Waals surface area contributed by atoms with E-state index in [4.69, 9.17) is 0 Å². The number of aryl methyl sites for hydroxylation is 1. The lowest BCUT2D eigenvalue weighted by molar-refractivity contribution is -0.140. The first-order chi connectivity index (χ1) is 15.0. The van der Waals surface area contributed by atoms with E-state index in [1.54, 1.807) is 36.4 Å². The number of rotatable bonds is 9. The van der Waals surface area contributed by atoms with Gasteiger partial charge in [0.05, 0.1) is 0 Å². The van der Waals surface area contributed by atoms with Gasteiger partial charge in [0, 0.05) is 31.9 Å². The van der Waals surface area contributed by atoms with Crippen molar-refractivity contribution in [3.63, 3.8) is 0 Å². The molecule has 0 bridgehead atoms. The Morgan fingerprint density at radius 3 is 2.29 bits per heavy atom. The molecule has 0 radical (unpaired) electrons. The van der Waals surface area contributed by atoms with Gasteiger partial charge < -0.3 is 10.2 Å². The molecule has 0 fully saturated rings. The topological polar surface area (TPSA) is 62.3 Å². The molecule has 3 rings (SSSR count). The first kappa shape index (κ1) is 22.2. The zero-order chi connectivity index (χ0) is 22.1. The molecule has 0 aliphatic carbocycles. The summed E-state index contributed by atoms with van der Waals surface area (Å²) in [5.74, 6) is -0.708. The van der Waals surface area contributed by atoms with Crippen molar-refractivity contribution in [1.29, 1.82) is 0 Å². The second kappa shape index (κ2) is 11.0. The summed E-state index contributed by atoms with van der Waals surface area (Å²) in [6.45, 7) is 2.30. The average molecular weight is 420 g/mol. The number of amides is 2. The zero-order valence-corrected chi connectivity index (χ0v) is 17.5. The quantitative estimate of drug-likeness (QED) is 0.572. The average Bonchev–Trinajstić information content (AvgIpc) is 2.81. The first-order valence-corrected chi connectivity index (χ1v) is 10.3. The number of pyridine rings is 1. The highest BCUT2D eigenvalue weighted by Gasteiger charge is 2.25. The highest BCUT2D eigenvalue weighted by Crippen LogP contribution is 2.14. The molecule has 5 nitrogen and oxygen atoms in total. The Balaban J connectivity index is 1.69. The molecule has 1 aromatic heterocycles. The highest BCUT2D eigenvalue weighted by atomic mass is 19.1. The summed E-state index contributed by atoms with van der Waals surface area (Å²) in [7, 11) is 0. The van der Waals surface area contributed by atoms with Crippen molar-refractivity contribution >= 4 is 11.8 Å². The number of carbonyl (C=O) groups is 2.